The van der Waals surface area contributed by atoms with Crippen LogP contribution in [-0.4, -0.2) is 30.3 Å². The van der Waals surface area contributed by atoms with Gasteiger partial charge in [0, 0.05) is 17.5 Å². The summed E-state index contributed by atoms with van der Waals surface area (Å²) >= 11 is 1.43. The summed E-state index contributed by atoms with van der Waals surface area (Å²) in [7, 11) is 3.09. The van der Waals surface area contributed by atoms with Crippen molar-refractivity contribution in [1.82, 2.24) is 10.2 Å². The van der Waals surface area contributed by atoms with Crippen molar-refractivity contribution < 1.29 is 14.3 Å². The fraction of sp³-hybridized carbons (Fsp3) is 0.357. The van der Waals surface area contributed by atoms with Crippen molar-refractivity contribution in [2.75, 3.05) is 19.5 Å². The molecule has 2 aromatic rings. The Hall–Kier alpha value is -2.15. The van der Waals surface area contributed by atoms with E-state index in [1.54, 1.807) is 32.4 Å². The third-order valence-electron chi connectivity index (χ3n) is 3.20. The van der Waals surface area contributed by atoms with Crippen LogP contribution in [0.15, 0.2) is 18.2 Å². The molecule has 1 N–H and O–H groups in total. The average Bonchev–Trinajstić information content (AvgIpc) is 3.27. The lowest BCUT2D eigenvalue weighted by atomic mass is 10.2. The molecule has 0 aliphatic heterocycles. The smallest absolute Gasteiger partial charge is 0.257 e. The van der Waals surface area contributed by atoms with Crippen LogP contribution in [0.1, 0.15) is 34.1 Å². The summed E-state index contributed by atoms with van der Waals surface area (Å²) in [5.41, 5.74) is 0.453. The third kappa shape index (κ3) is 3.13. The van der Waals surface area contributed by atoms with E-state index in [1.165, 1.54) is 11.3 Å². The van der Waals surface area contributed by atoms with Gasteiger partial charge in [0.2, 0.25) is 5.13 Å². The summed E-state index contributed by atoms with van der Waals surface area (Å²) in [4.78, 5) is 12.3. The van der Waals surface area contributed by atoms with E-state index < -0.39 is 0 Å². The van der Waals surface area contributed by atoms with E-state index in [2.05, 4.69) is 15.5 Å². The molecule has 0 atom stereocenters. The molecule has 3 rings (SSSR count). The minimum atomic E-state index is -0.259. The van der Waals surface area contributed by atoms with Crippen LogP contribution in [0, 0.1) is 0 Å². The van der Waals surface area contributed by atoms with Crippen LogP contribution in [-0.2, 0) is 0 Å². The predicted octanol–water partition coefficient (Wildman–Crippen LogP) is 2.69. The Morgan fingerprint density at radius 1 is 1.19 bits per heavy atom. The molecule has 1 saturated carbocycles. The van der Waals surface area contributed by atoms with Gasteiger partial charge in [0.1, 0.15) is 16.5 Å². The molecule has 7 heteroatoms. The van der Waals surface area contributed by atoms with Crippen molar-refractivity contribution in [3.8, 4) is 11.5 Å². The van der Waals surface area contributed by atoms with E-state index in [0.717, 1.165) is 17.8 Å². The zero-order chi connectivity index (χ0) is 14.8. The zero-order valence-corrected chi connectivity index (χ0v) is 12.6. The largest absolute Gasteiger partial charge is 0.497 e. The Balaban J connectivity index is 1.77. The molecule has 0 bridgehead atoms. The lowest BCUT2D eigenvalue weighted by Gasteiger charge is -2.07. The lowest BCUT2D eigenvalue weighted by molar-refractivity contribution is 0.102. The van der Waals surface area contributed by atoms with Gasteiger partial charge in [-0.25, -0.2) is 0 Å². The third-order valence-corrected chi connectivity index (χ3v) is 4.20. The minimum Gasteiger partial charge on any atom is -0.497 e. The number of carbonyl (C=O) groups excluding carboxylic acids is 1. The number of rotatable bonds is 5. The Bertz CT molecular complexity index is 645. The topological polar surface area (TPSA) is 73.3 Å². The molecule has 1 aliphatic rings. The number of anilines is 1. The number of nitrogens with one attached hydrogen (secondary N) is 1. The van der Waals surface area contributed by atoms with E-state index in [0.29, 0.717) is 28.1 Å². The molecule has 110 valence electrons. The van der Waals surface area contributed by atoms with E-state index in [4.69, 9.17) is 9.47 Å². The summed E-state index contributed by atoms with van der Waals surface area (Å²) in [6, 6.07) is 5.02. The number of benzene rings is 1. The van der Waals surface area contributed by atoms with Crippen molar-refractivity contribution in [1.29, 1.82) is 0 Å². The molecule has 21 heavy (non-hydrogen) atoms. The van der Waals surface area contributed by atoms with Crippen LogP contribution in [0.2, 0.25) is 0 Å². The van der Waals surface area contributed by atoms with E-state index in [1.807, 2.05) is 0 Å². The number of methoxy groups -OCH3 is 2. The van der Waals surface area contributed by atoms with E-state index >= 15 is 0 Å². The molecular formula is C14H15N3O3S. The van der Waals surface area contributed by atoms with Gasteiger partial charge in [0.25, 0.3) is 5.91 Å². The monoisotopic (exact) mass is 305 g/mol. The first kappa shape index (κ1) is 13.8. The molecule has 1 fully saturated rings. The first-order valence-electron chi connectivity index (χ1n) is 6.57. The van der Waals surface area contributed by atoms with Crippen LogP contribution >= 0.6 is 11.3 Å². The number of ether oxygens (including phenoxy) is 2. The molecular weight excluding hydrogens is 290 g/mol. The van der Waals surface area contributed by atoms with Crippen LogP contribution in [0.3, 0.4) is 0 Å². The summed E-state index contributed by atoms with van der Waals surface area (Å²) in [5.74, 6) is 1.40. The zero-order valence-electron chi connectivity index (χ0n) is 11.8. The van der Waals surface area contributed by atoms with E-state index in [9.17, 15) is 4.79 Å². The maximum Gasteiger partial charge on any atom is 0.257 e. The highest BCUT2D eigenvalue weighted by atomic mass is 32.1. The van der Waals surface area contributed by atoms with Gasteiger partial charge < -0.3 is 9.47 Å². The van der Waals surface area contributed by atoms with Crippen molar-refractivity contribution in [3.63, 3.8) is 0 Å². The Morgan fingerprint density at radius 3 is 2.43 bits per heavy atom. The fourth-order valence-corrected chi connectivity index (χ4v) is 2.80. The summed E-state index contributed by atoms with van der Waals surface area (Å²) in [6.07, 6.45) is 2.32. The van der Waals surface area contributed by atoms with Gasteiger partial charge in [0.15, 0.2) is 0 Å². The number of carbonyl (C=O) groups is 1. The number of hydrogen-bond donors (Lipinski definition) is 1. The van der Waals surface area contributed by atoms with Gasteiger partial charge >= 0.3 is 0 Å². The maximum atomic E-state index is 12.3. The number of hydrogen-bond acceptors (Lipinski definition) is 6. The summed E-state index contributed by atoms with van der Waals surface area (Å²) in [6.45, 7) is 0. The van der Waals surface area contributed by atoms with Gasteiger partial charge in [-0.1, -0.05) is 11.3 Å². The van der Waals surface area contributed by atoms with Crippen molar-refractivity contribution in [3.05, 3.63) is 28.8 Å². The van der Waals surface area contributed by atoms with Crippen LogP contribution < -0.4 is 14.8 Å². The average molecular weight is 305 g/mol. The Kier molecular flexibility index (Phi) is 3.74. The molecule has 0 spiro atoms. The first-order valence-corrected chi connectivity index (χ1v) is 7.39. The SMILES string of the molecule is COc1cc(OC)cc(C(=O)Nc2nnc(C3CC3)s2)c1. The number of amides is 1. The highest BCUT2D eigenvalue weighted by Gasteiger charge is 2.27. The molecule has 0 unspecified atom stereocenters. The lowest BCUT2D eigenvalue weighted by Crippen LogP contribution is -2.12. The van der Waals surface area contributed by atoms with Gasteiger partial charge in [0.05, 0.1) is 14.2 Å². The fourth-order valence-electron chi connectivity index (χ4n) is 1.89. The second-order valence-electron chi connectivity index (χ2n) is 4.78. The highest BCUT2D eigenvalue weighted by Crippen LogP contribution is 2.42. The summed E-state index contributed by atoms with van der Waals surface area (Å²) < 4.78 is 10.3. The molecule has 0 radical (unpaired) electrons. The highest BCUT2D eigenvalue weighted by molar-refractivity contribution is 7.15. The van der Waals surface area contributed by atoms with Crippen molar-refractivity contribution in [2.24, 2.45) is 0 Å². The standard InChI is InChI=1S/C14H15N3O3S/c1-19-10-5-9(6-11(7-10)20-2)12(18)15-14-17-16-13(21-14)8-3-4-8/h5-8H,3-4H2,1-2H3,(H,15,17,18). The molecule has 6 nitrogen and oxygen atoms in total. The van der Waals surface area contributed by atoms with Gasteiger partial charge in [-0.15, -0.1) is 10.2 Å². The molecule has 1 aromatic heterocycles. The quantitative estimate of drug-likeness (QED) is 0.919. The molecule has 1 aromatic carbocycles. The second-order valence-corrected chi connectivity index (χ2v) is 5.78. The molecule has 1 amide bonds. The van der Waals surface area contributed by atoms with Gasteiger partial charge in [-0.3, -0.25) is 10.1 Å². The second kappa shape index (κ2) is 5.69. The van der Waals surface area contributed by atoms with Crippen LogP contribution in [0.25, 0.3) is 0 Å². The number of aromatic nitrogens is 2. The maximum absolute atomic E-state index is 12.3. The van der Waals surface area contributed by atoms with E-state index in [-0.39, 0.29) is 5.91 Å². The summed E-state index contributed by atoms with van der Waals surface area (Å²) in [5, 5.41) is 12.4. The van der Waals surface area contributed by atoms with Gasteiger partial charge in [-0.2, -0.15) is 0 Å². The Morgan fingerprint density at radius 2 is 1.86 bits per heavy atom. The molecule has 0 saturated heterocycles. The number of nitrogens with zero attached hydrogens (tertiary/aromatic N) is 2. The first-order chi connectivity index (χ1) is 10.2. The molecule has 1 aliphatic carbocycles. The van der Waals surface area contributed by atoms with Crippen LogP contribution in [0.5, 0.6) is 11.5 Å². The normalized spacial score (nSPS) is 13.8. The molecule has 1 heterocycles. The Labute approximate surface area is 126 Å². The van der Waals surface area contributed by atoms with Crippen molar-refractivity contribution >= 4 is 22.4 Å². The van der Waals surface area contributed by atoms with Crippen molar-refractivity contribution in [2.45, 2.75) is 18.8 Å². The predicted molar refractivity (Wildman–Crippen MR) is 79.4 cm³/mol. The minimum absolute atomic E-state index is 0.259. The van der Waals surface area contributed by atoms with Gasteiger partial charge in [-0.05, 0) is 25.0 Å². The van der Waals surface area contributed by atoms with Crippen LogP contribution in [0.4, 0.5) is 5.13 Å².